The van der Waals surface area contributed by atoms with Crippen LogP contribution in [0.4, 0.5) is 10.2 Å². The minimum atomic E-state index is -0.497. The molecule has 0 aromatic carbocycles. The number of amides is 1. The number of halogens is 1. The van der Waals surface area contributed by atoms with Crippen molar-refractivity contribution in [2.75, 3.05) is 5.32 Å². The monoisotopic (exact) mass is 211 g/mol. The van der Waals surface area contributed by atoms with E-state index in [4.69, 9.17) is 5.73 Å². The third kappa shape index (κ3) is 3.19. The minimum Gasteiger partial charge on any atom is -0.368 e. The largest absolute Gasteiger partial charge is 0.368 e. The van der Waals surface area contributed by atoms with Gasteiger partial charge in [-0.2, -0.15) is 0 Å². The van der Waals surface area contributed by atoms with Gasteiger partial charge in [0.2, 0.25) is 5.91 Å². The molecule has 0 aliphatic heterocycles. The zero-order valence-electron chi connectivity index (χ0n) is 8.70. The summed E-state index contributed by atoms with van der Waals surface area (Å²) in [5.41, 5.74) is 5.21. The first kappa shape index (κ1) is 11.4. The second-order valence-corrected chi connectivity index (χ2v) is 3.63. The summed E-state index contributed by atoms with van der Waals surface area (Å²) in [7, 11) is 0. The zero-order chi connectivity index (χ0) is 11.4. The topological polar surface area (TPSA) is 68.0 Å². The summed E-state index contributed by atoms with van der Waals surface area (Å²) in [5, 5.41) is 2.85. The lowest BCUT2D eigenvalue weighted by Crippen LogP contribution is -2.39. The van der Waals surface area contributed by atoms with Crippen LogP contribution in [0.15, 0.2) is 18.3 Å². The van der Waals surface area contributed by atoms with E-state index in [-0.39, 0.29) is 5.92 Å². The number of primary amides is 1. The molecule has 1 aromatic heterocycles. The standard InChI is InChI=1S/C10H14FN3O/c1-6(2)9(10(12)15)14-8-4-3-7(11)5-13-8/h3-6,9H,1-2H3,(H2,12,15)(H,13,14). The van der Waals surface area contributed by atoms with Crippen molar-refractivity contribution in [3.8, 4) is 0 Å². The van der Waals surface area contributed by atoms with E-state index in [1.165, 1.54) is 12.1 Å². The fraction of sp³-hybridized carbons (Fsp3) is 0.400. The number of hydrogen-bond donors (Lipinski definition) is 2. The molecule has 5 heteroatoms. The summed E-state index contributed by atoms with van der Waals surface area (Å²) in [6.07, 6.45) is 1.08. The van der Waals surface area contributed by atoms with Gasteiger partial charge in [-0.15, -0.1) is 0 Å². The second kappa shape index (κ2) is 4.72. The average Bonchev–Trinajstić information content (AvgIpc) is 2.15. The van der Waals surface area contributed by atoms with Crippen molar-refractivity contribution in [2.24, 2.45) is 11.7 Å². The molecule has 0 aliphatic carbocycles. The number of anilines is 1. The Morgan fingerprint density at radius 1 is 1.53 bits per heavy atom. The van der Waals surface area contributed by atoms with Gasteiger partial charge >= 0.3 is 0 Å². The molecule has 1 heterocycles. The molecule has 0 spiro atoms. The Balaban J connectivity index is 2.74. The fourth-order valence-electron chi connectivity index (χ4n) is 1.19. The number of nitrogens with two attached hydrogens (primary N) is 1. The van der Waals surface area contributed by atoms with Gasteiger partial charge in [-0.05, 0) is 18.1 Å². The van der Waals surface area contributed by atoms with Crippen molar-refractivity contribution < 1.29 is 9.18 Å². The third-order valence-electron chi connectivity index (χ3n) is 2.00. The van der Waals surface area contributed by atoms with Crippen molar-refractivity contribution in [3.63, 3.8) is 0 Å². The average molecular weight is 211 g/mol. The van der Waals surface area contributed by atoms with E-state index in [1.54, 1.807) is 0 Å². The summed E-state index contributed by atoms with van der Waals surface area (Å²) < 4.78 is 12.6. The molecule has 1 amide bonds. The van der Waals surface area contributed by atoms with E-state index in [1.807, 2.05) is 13.8 Å². The first-order valence-corrected chi connectivity index (χ1v) is 4.68. The molecule has 82 valence electrons. The van der Waals surface area contributed by atoms with Crippen LogP contribution in [-0.4, -0.2) is 16.9 Å². The lowest BCUT2D eigenvalue weighted by atomic mass is 10.0. The second-order valence-electron chi connectivity index (χ2n) is 3.63. The van der Waals surface area contributed by atoms with Gasteiger partial charge in [-0.1, -0.05) is 13.8 Å². The van der Waals surface area contributed by atoms with Gasteiger partial charge in [0.05, 0.1) is 6.20 Å². The highest BCUT2D eigenvalue weighted by molar-refractivity contribution is 5.82. The predicted octanol–water partition coefficient (Wildman–Crippen LogP) is 1.14. The fourth-order valence-corrected chi connectivity index (χ4v) is 1.19. The SMILES string of the molecule is CC(C)C(Nc1ccc(F)cn1)C(N)=O. The molecule has 15 heavy (non-hydrogen) atoms. The highest BCUT2D eigenvalue weighted by Gasteiger charge is 2.19. The van der Waals surface area contributed by atoms with Crippen LogP contribution >= 0.6 is 0 Å². The van der Waals surface area contributed by atoms with Gasteiger partial charge < -0.3 is 11.1 Å². The first-order chi connectivity index (χ1) is 7.00. The number of pyridine rings is 1. The lowest BCUT2D eigenvalue weighted by molar-refractivity contribution is -0.119. The molecule has 0 fully saturated rings. The van der Waals surface area contributed by atoms with Crippen LogP contribution in [0.3, 0.4) is 0 Å². The summed E-state index contributed by atoms with van der Waals surface area (Å²) in [6, 6.07) is 2.24. The molecule has 0 aliphatic rings. The number of hydrogen-bond acceptors (Lipinski definition) is 3. The molecule has 3 N–H and O–H groups in total. The Bertz CT molecular complexity index is 337. The third-order valence-corrected chi connectivity index (χ3v) is 2.00. The number of carbonyl (C=O) groups is 1. The normalized spacial score (nSPS) is 12.5. The molecule has 1 rings (SSSR count). The van der Waals surface area contributed by atoms with Crippen LogP contribution in [0.5, 0.6) is 0 Å². The quantitative estimate of drug-likeness (QED) is 0.784. The van der Waals surface area contributed by atoms with Crippen LogP contribution in [0.1, 0.15) is 13.8 Å². The molecule has 4 nitrogen and oxygen atoms in total. The van der Waals surface area contributed by atoms with Gasteiger partial charge in [-0.3, -0.25) is 4.79 Å². The van der Waals surface area contributed by atoms with Gasteiger partial charge in [-0.25, -0.2) is 9.37 Å². The Morgan fingerprint density at radius 2 is 2.20 bits per heavy atom. The smallest absolute Gasteiger partial charge is 0.240 e. The zero-order valence-corrected chi connectivity index (χ0v) is 8.70. The maximum absolute atomic E-state index is 12.6. The highest BCUT2D eigenvalue weighted by atomic mass is 19.1. The summed E-state index contributed by atoms with van der Waals surface area (Å²) >= 11 is 0. The number of rotatable bonds is 4. The van der Waals surface area contributed by atoms with E-state index < -0.39 is 17.8 Å². The molecular formula is C10H14FN3O. The number of nitrogens with one attached hydrogen (secondary N) is 1. The molecule has 0 saturated heterocycles. The number of nitrogens with zero attached hydrogens (tertiary/aromatic N) is 1. The van der Waals surface area contributed by atoms with Crippen LogP contribution < -0.4 is 11.1 Å². The minimum absolute atomic E-state index is 0.0503. The van der Waals surface area contributed by atoms with E-state index in [9.17, 15) is 9.18 Å². The van der Waals surface area contributed by atoms with Gasteiger partial charge in [0.15, 0.2) is 0 Å². The molecule has 0 radical (unpaired) electrons. The molecule has 1 atom stereocenters. The number of aromatic nitrogens is 1. The van der Waals surface area contributed by atoms with Crippen molar-refractivity contribution in [1.82, 2.24) is 4.98 Å². The molecule has 1 aromatic rings. The molecule has 0 bridgehead atoms. The Morgan fingerprint density at radius 3 is 2.60 bits per heavy atom. The summed E-state index contributed by atoms with van der Waals surface area (Å²) in [4.78, 5) is 14.9. The highest BCUT2D eigenvalue weighted by Crippen LogP contribution is 2.10. The van der Waals surface area contributed by atoms with Gasteiger partial charge in [0.1, 0.15) is 17.7 Å². The lowest BCUT2D eigenvalue weighted by Gasteiger charge is -2.19. The predicted molar refractivity (Wildman–Crippen MR) is 55.6 cm³/mol. The van der Waals surface area contributed by atoms with E-state index in [0.717, 1.165) is 6.20 Å². The van der Waals surface area contributed by atoms with Crippen LogP contribution in [0.2, 0.25) is 0 Å². The van der Waals surface area contributed by atoms with Gasteiger partial charge in [0.25, 0.3) is 0 Å². The Hall–Kier alpha value is -1.65. The molecule has 1 unspecified atom stereocenters. The van der Waals surface area contributed by atoms with Crippen molar-refractivity contribution >= 4 is 11.7 Å². The van der Waals surface area contributed by atoms with Crippen LogP contribution in [0, 0.1) is 11.7 Å². The van der Waals surface area contributed by atoms with Crippen LogP contribution in [0.25, 0.3) is 0 Å². The molecular weight excluding hydrogens is 197 g/mol. The van der Waals surface area contributed by atoms with Gasteiger partial charge in [0, 0.05) is 0 Å². The van der Waals surface area contributed by atoms with Crippen molar-refractivity contribution in [1.29, 1.82) is 0 Å². The van der Waals surface area contributed by atoms with E-state index in [2.05, 4.69) is 10.3 Å². The van der Waals surface area contributed by atoms with Crippen molar-refractivity contribution in [3.05, 3.63) is 24.1 Å². The summed E-state index contributed by atoms with van der Waals surface area (Å²) in [6.45, 7) is 3.73. The Kier molecular flexibility index (Phi) is 3.60. The maximum atomic E-state index is 12.6. The molecule has 0 saturated carbocycles. The maximum Gasteiger partial charge on any atom is 0.240 e. The Labute approximate surface area is 87.7 Å². The van der Waals surface area contributed by atoms with E-state index in [0.29, 0.717) is 5.82 Å². The summed E-state index contributed by atoms with van der Waals surface area (Å²) in [5.74, 6) is -0.375. The number of carbonyl (C=O) groups excluding carboxylic acids is 1. The van der Waals surface area contributed by atoms with Crippen LogP contribution in [-0.2, 0) is 4.79 Å². The first-order valence-electron chi connectivity index (χ1n) is 4.68. The van der Waals surface area contributed by atoms with Crippen molar-refractivity contribution in [2.45, 2.75) is 19.9 Å². The van der Waals surface area contributed by atoms with E-state index >= 15 is 0 Å².